The van der Waals surface area contributed by atoms with Crippen LogP contribution in [0.4, 0.5) is 12.0 Å². The monoisotopic (exact) mass is 501 g/mol. The van der Waals surface area contributed by atoms with Crippen LogP contribution >= 0.6 is 23.2 Å². The highest BCUT2D eigenvalue weighted by Crippen LogP contribution is 2.40. The third kappa shape index (κ3) is 5.95. The van der Waals surface area contributed by atoms with Crippen LogP contribution in [0.15, 0.2) is 29.3 Å². The molecule has 1 saturated heterocycles. The fraction of sp³-hybridized carbons (Fsp3) is 0.524. The lowest BCUT2D eigenvalue weighted by Gasteiger charge is -2.37. The van der Waals surface area contributed by atoms with Gasteiger partial charge in [-0.3, -0.25) is 0 Å². The standard InChI is InChI=1S/C21H29Cl2N5O3S/c1-5-10-30-17-12-16(23)15(22)11-14(17)18(27-32(29)21(2,3)4)13-6-8-28(9-7-13)20-25-19(24)31-26-20/h5,11-13,18,27H,1,6-10H2,2-4H3,(H2,24,25,26)/t18-,32?/m1/s1. The summed E-state index contributed by atoms with van der Waals surface area (Å²) in [5.74, 6) is 1.23. The van der Waals surface area contributed by atoms with Gasteiger partial charge in [-0.2, -0.15) is 4.98 Å². The van der Waals surface area contributed by atoms with Gasteiger partial charge in [0.1, 0.15) is 12.4 Å². The van der Waals surface area contributed by atoms with Gasteiger partial charge in [0.15, 0.2) is 0 Å². The summed E-state index contributed by atoms with van der Waals surface area (Å²) in [4.78, 5) is 6.14. The minimum Gasteiger partial charge on any atom is -0.489 e. The summed E-state index contributed by atoms with van der Waals surface area (Å²) in [5.41, 5.74) is 6.38. The quantitative estimate of drug-likeness (QED) is 0.511. The van der Waals surface area contributed by atoms with Crippen molar-refractivity contribution < 1.29 is 13.5 Å². The van der Waals surface area contributed by atoms with Gasteiger partial charge in [-0.15, -0.1) is 0 Å². The first-order valence-electron chi connectivity index (χ1n) is 10.3. The van der Waals surface area contributed by atoms with E-state index in [0.29, 0.717) is 41.4 Å². The number of nitrogens with one attached hydrogen (secondary N) is 1. The average Bonchev–Trinajstić information content (AvgIpc) is 3.18. The number of nitrogens with zero attached hydrogens (tertiary/aromatic N) is 3. The molecule has 2 heterocycles. The second-order valence-corrected chi connectivity index (χ2v) is 11.4. The van der Waals surface area contributed by atoms with Crippen LogP contribution in [-0.4, -0.2) is 38.8 Å². The predicted octanol–water partition coefficient (Wildman–Crippen LogP) is 4.53. The van der Waals surface area contributed by atoms with Crippen LogP contribution in [-0.2, 0) is 11.0 Å². The van der Waals surface area contributed by atoms with Crippen LogP contribution in [0, 0.1) is 5.92 Å². The first kappa shape index (κ1) is 24.8. The van der Waals surface area contributed by atoms with Gasteiger partial charge in [-0.1, -0.05) is 35.9 Å². The molecule has 1 aromatic heterocycles. The average molecular weight is 502 g/mol. The molecule has 0 saturated carbocycles. The Labute approximate surface area is 201 Å². The third-order valence-corrected chi connectivity index (χ3v) is 7.56. The molecule has 0 aliphatic carbocycles. The number of hydrogen-bond acceptors (Lipinski definition) is 7. The summed E-state index contributed by atoms with van der Waals surface area (Å²) in [6.07, 6.45) is 3.26. The summed E-state index contributed by atoms with van der Waals surface area (Å²) in [6.45, 7) is 11.2. The van der Waals surface area contributed by atoms with Crippen molar-refractivity contribution in [3.8, 4) is 5.75 Å². The number of hydrogen-bond donors (Lipinski definition) is 2. The van der Waals surface area contributed by atoms with Crippen LogP contribution in [0.1, 0.15) is 45.2 Å². The van der Waals surface area contributed by atoms with Crippen LogP contribution < -0.4 is 20.1 Å². The van der Waals surface area contributed by atoms with E-state index >= 15 is 0 Å². The number of ether oxygens (including phenoxy) is 1. The van der Waals surface area contributed by atoms with Crippen molar-refractivity contribution in [1.29, 1.82) is 0 Å². The minimum atomic E-state index is -1.31. The lowest BCUT2D eigenvalue weighted by atomic mass is 9.85. The highest BCUT2D eigenvalue weighted by Gasteiger charge is 2.34. The lowest BCUT2D eigenvalue weighted by molar-refractivity contribution is 0.307. The highest BCUT2D eigenvalue weighted by atomic mass is 35.5. The Morgan fingerprint density at radius 3 is 2.59 bits per heavy atom. The zero-order chi connectivity index (χ0) is 23.5. The molecule has 2 aromatic rings. The summed E-state index contributed by atoms with van der Waals surface area (Å²) < 4.78 is 26.8. The van der Waals surface area contributed by atoms with Gasteiger partial charge in [-0.05, 0) is 50.8 Å². The van der Waals surface area contributed by atoms with E-state index in [2.05, 4.69) is 21.4 Å². The molecule has 3 rings (SSSR count). The third-order valence-electron chi connectivity index (χ3n) is 5.26. The number of nitrogen functional groups attached to an aromatic ring is 1. The van der Waals surface area contributed by atoms with Crippen LogP contribution in [0.3, 0.4) is 0 Å². The topological polar surface area (TPSA) is 107 Å². The van der Waals surface area contributed by atoms with Crippen molar-refractivity contribution in [2.24, 2.45) is 5.92 Å². The number of nitrogens with two attached hydrogens (primary N) is 1. The van der Waals surface area contributed by atoms with E-state index in [1.165, 1.54) is 0 Å². The Morgan fingerprint density at radius 2 is 2.03 bits per heavy atom. The molecule has 3 N–H and O–H groups in total. The molecule has 2 atom stereocenters. The zero-order valence-electron chi connectivity index (χ0n) is 18.4. The first-order valence-corrected chi connectivity index (χ1v) is 12.3. The highest BCUT2D eigenvalue weighted by molar-refractivity contribution is 7.84. The molecule has 1 unspecified atom stereocenters. The molecule has 0 radical (unpaired) electrons. The Hall–Kier alpha value is -1.81. The van der Waals surface area contributed by atoms with Crippen molar-refractivity contribution in [3.05, 3.63) is 40.4 Å². The molecule has 8 nitrogen and oxygen atoms in total. The number of rotatable bonds is 8. The van der Waals surface area contributed by atoms with Crippen LogP contribution in [0.5, 0.6) is 5.75 Å². The summed E-state index contributed by atoms with van der Waals surface area (Å²) in [5, 5.41) is 4.72. The molecule has 32 heavy (non-hydrogen) atoms. The second kappa shape index (κ2) is 10.4. The SMILES string of the molecule is C=CCOc1cc(Cl)c(Cl)cc1[C@H](NS(=O)C(C)(C)C)C1CCN(c2noc(N)n2)CC1. The molecule has 11 heteroatoms. The van der Waals surface area contributed by atoms with Gasteiger partial charge in [0.25, 0.3) is 5.95 Å². The van der Waals surface area contributed by atoms with Crippen molar-refractivity contribution in [2.45, 2.75) is 44.4 Å². The normalized spacial score (nSPS) is 17.2. The van der Waals surface area contributed by atoms with E-state index in [0.717, 1.165) is 18.4 Å². The number of anilines is 2. The van der Waals surface area contributed by atoms with Gasteiger partial charge >= 0.3 is 6.01 Å². The number of aromatic nitrogens is 2. The van der Waals surface area contributed by atoms with E-state index in [1.54, 1.807) is 18.2 Å². The largest absolute Gasteiger partial charge is 0.489 e. The Bertz CT molecular complexity index is 971. The van der Waals surface area contributed by atoms with E-state index in [-0.39, 0.29) is 18.0 Å². The molecule has 176 valence electrons. The second-order valence-electron chi connectivity index (χ2n) is 8.64. The summed E-state index contributed by atoms with van der Waals surface area (Å²) in [7, 11) is -1.31. The van der Waals surface area contributed by atoms with Crippen LogP contribution in [0.25, 0.3) is 0 Å². The Kier molecular flexibility index (Phi) is 8.08. The number of piperidine rings is 1. The fourth-order valence-corrected chi connectivity index (χ4v) is 4.78. The molecule has 0 amide bonds. The lowest BCUT2D eigenvalue weighted by Crippen LogP contribution is -2.43. The van der Waals surface area contributed by atoms with Gasteiger partial charge < -0.3 is 19.9 Å². The Morgan fingerprint density at radius 1 is 1.38 bits per heavy atom. The maximum atomic E-state index is 13.1. The van der Waals surface area contributed by atoms with E-state index in [4.69, 9.17) is 38.2 Å². The fourth-order valence-electron chi connectivity index (χ4n) is 3.55. The minimum absolute atomic E-state index is 0.0436. The maximum Gasteiger partial charge on any atom is 0.320 e. The molecular formula is C21H29Cl2N5O3S. The van der Waals surface area contributed by atoms with E-state index < -0.39 is 15.7 Å². The number of halogens is 2. The zero-order valence-corrected chi connectivity index (χ0v) is 20.8. The molecule has 1 fully saturated rings. The van der Waals surface area contributed by atoms with E-state index in [9.17, 15) is 4.21 Å². The molecule has 0 bridgehead atoms. The van der Waals surface area contributed by atoms with Crippen molar-refractivity contribution in [3.63, 3.8) is 0 Å². The van der Waals surface area contributed by atoms with Gasteiger partial charge in [0.05, 0.1) is 31.8 Å². The van der Waals surface area contributed by atoms with Crippen molar-refractivity contribution in [1.82, 2.24) is 14.9 Å². The first-order chi connectivity index (χ1) is 15.1. The van der Waals surface area contributed by atoms with Gasteiger partial charge in [0, 0.05) is 24.7 Å². The molecule has 1 aliphatic heterocycles. The Balaban J connectivity index is 1.90. The molecule has 1 aliphatic rings. The molecular weight excluding hydrogens is 473 g/mol. The molecule has 1 aromatic carbocycles. The summed E-state index contributed by atoms with van der Waals surface area (Å²) in [6, 6.07) is 3.28. The summed E-state index contributed by atoms with van der Waals surface area (Å²) >= 11 is 12.6. The van der Waals surface area contributed by atoms with Crippen LogP contribution in [0.2, 0.25) is 10.0 Å². The maximum absolute atomic E-state index is 13.1. The predicted molar refractivity (Wildman–Crippen MR) is 130 cm³/mol. The van der Waals surface area contributed by atoms with Crippen molar-refractivity contribution in [2.75, 3.05) is 30.3 Å². The van der Waals surface area contributed by atoms with Gasteiger partial charge in [0.2, 0.25) is 0 Å². The number of benzene rings is 1. The van der Waals surface area contributed by atoms with E-state index in [1.807, 2.05) is 25.7 Å². The van der Waals surface area contributed by atoms with Gasteiger partial charge in [-0.25, -0.2) is 8.93 Å². The molecule has 0 spiro atoms. The van der Waals surface area contributed by atoms with Crippen molar-refractivity contribution >= 4 is 46.2 Å². The smallest absolute Gasteiger partial charge is 0.320 e.